The van der Waals surface area contributed by atoms with E-state index in [9.17, 15) is 5.11 Å². The van der Waals surface area contributed by atoms with Crippen LogP contribution in [0.2, 0.25) is 0 Å². The average Bonchev–Trinajstić information content (AvgIpc) is 2.92. The minimum atomic E-state index is -0.397. The molecule has 2 aromatic heterocycles. The topological polar surface area (TPSA) is 37.5 Å². The largest absolute Gasteiger partial charge is 0.392 e. The van der Waals surface area contributed by atoms with Crippen molar-refractivity contribution in [2.24, 2.45) is 0 Å². The Morgan fingerprint density at radius 2 is 2.05 bits per heavy atom. The third-order valence-corrected chi connectivity index (χ3v) is 4.27. The summed E-state index contributed by atoms with van der Waals surface area (Å²) in [4.78, 5) is 5.46. The van der Waals surface area contributed by atoms with Crippen LogP contribution in [0.25, 0.3) is 4.96 Å². The maximum absolute atomic E-state index is 10.1. The SMILES string of the molecule is OC(Cc1ccc(Br)cc1)Cc1cn2ccsc2n1. The van der Waals surface area contributed by atoms with Gasteiger partial charge < -0.3 is 5.11 Å². The van der Waals surface area contributed by atoms with Crippen molar-refractivity contribution >= 4 is 32.2 Å². The van der Waals surface area contributed by atoms with E-state index in [0.29, 0.717) is 12.8 Å². The Labute approximate surface area is 123 Å². The van der Waals surface area contributed by atoms with Crippen LogP contribution in [0, 0.1) is 0 Å². The summed E-state index contributed by atoms with van der Waals surface area (Å²) in [6, 6.07) is 8.04. The molecule has 2 heterocycles. The molecule has 3 rings (SSSR count). The number of nitrogens with zero attached hydrogens (tertiary/aromatic N) is 2. The van der Waals surface area contributed by atoms with E-state index in [-0.39, 0.29) is 0 Å². The molecule has 3 nitrogen and oxygen atoms in total. The van der Waals surface area contributed by atoms with Crippen LogP contribution in [-0.4, -0.2) is 20.6 Å². The Balaban J connectivity index is 1.66. The van der Waals surface area contributed by atoms with Gasteiger partial charge in [0.05, 0.1) is 11.8 Å². The molecule has 0 bridgehead atoms. The van der Waals surface area contributed by atoms with E-state index in [0.717, 1.165) is 20.7 Å². The van der Waals surface area contributed by atoms with Crippen LogP contribution in [0.1, 0.15) is 11.3 Å². The van der Waals surface area contributed by atoms with Gasteiger partial charge in [0.1, 0.15) is 0 Å². The lowest BCUT2D eigenvalue weighted by atomic mass is 10.0. The highest BCUT2D eigenvalue weighted by Crippen LogP contribution is 2.15. The quantitative estimate of drug-likeness (QED) is 0.793. The standard InChI is InChI=1S/C14H13BrN2OS/c15-11-3-1-10(2-4-11)7-13(18)8-12-9-17-5-6-19-14(17)16-12/h1-6,9,13,18H,7-8H2. The predicted octanol–water partition coefficient (Wildman–Crippen LogP) is 3.30. The summed E-state index contributed by atoms with van der Waals surface area (Å²) < 4.78 is 3.05. The first-order valence-corrected chi connectivity index (χ1v) is 7.71. The van der Waals surface area contributed by atoms with E-state index in [4.69, 9.17) is 0 Å². The highest BCUT2D eigenvalue weighted by molar-refractivity contribution is 9.10. The van der Waals surface area contributed by atoms with Crippen LogP contribution in [0.5, 0.6) is 0 Å². The number of aliphatic hydroxyl groups is 1. The minimum absolute atomic E-state index is 0.397. The zero-order chi connectivity index (χ0) is 13.2. The fourth-order valence-electron chi connectivity index (χ4n) is 2.08. The van der Waals surface area contributed by atoms with Gasteiger partial charge in [0.2, 0.25) is 0 Å². The molecule has 0 amide bonds. The molecule has 0 aliphatic carbocycles. The third kappa shape index (κ3) is 3.05. The molecule has 5 heteroatoms. The summed E-state index contributed by atoms with van der Waals surface area (Å²) in [7, 11) is 0. The fourth-order valence-corrected chi connectivity index (χ4v) is 3.06. The maximum Gasteiger partial charge on any atom is 0.193 e. The van der Waals surface area contributed by atoms with E-state index in [1.807, 2.05) is 46.4 Å². The zero-order valence-corrected chi connectivity index (χ0v) is 12.6. The lowest BCUT2D eigenvalue weighted by Gasteiger charge is -2.08. The molecule has 0 spiro atoms. The molecule has 1 N–H and O–H groups in total. The maximum atomic E-state index is 10.1. The van der Waals surface area contributed by atoms with Crippen molar-refractivity contribution in [3.05, 3.63) is 57.8 Å². The van der Waals surface area contributed by atoms with Crippen LogP contribution in [0.3, 0.4) is 0 Å². The smallest absolute Gasteiger partial charge is 0.193 e. The number of aliphatic hydroxyl groups excluding tert-OH is 1. The number of thiazole rings is 1. The Kier molecular flexibility index (Phi) is 3.68. The molecule has 0 saturated carbocycles. The molecule has 0 saturated heterocycles. The number of imidazole rings is 1. The Hall–Kier alpha value is -1.17. The van der Waals surface area contributed by atoms with Gasteiger partial charge in [-0.1, -0.05) is 28.1 Å². The van der Waals surface area contributed by atoms with E-state index in [1.54, 1.807) is 11.3 Å². The van der Waals surface area contributed by atoms with Gasteiger partial charge in [-0.15, -0.1) is 11.3 Å². The fraction of sp³-hybridized carbons (Fsp3) is 0.214. The number of halogens is 1. The Bertz CT molecular complexity index is 646. The lowest BCUT2D eigenvalue weighted by Crippen LogP contribution is -2.14. The van der Waals surface area contributed by atoms with E-state index < -0.39 is 6.10 Å². The number of benzene rings is 1. The second-order valence-corrected chi connectivity index (χ2v) is 6.30. The molecule has 3 aromatic rings. The van der Waals surface area contributed by atoms with Gasteiger partial charge in [0, 0.05) is 28.7 Å². The van der Waals surface area contributed by atoms with Gasteiger partial charge >= 0.3 is 0 Å². The summed E-state index contributed by atoms with van der Waals surface area (Å²) in [5.74, 6) is 0. The first kappa shape index (κ1) is 12.8. The molecular weight excluding hydrogens is 324 g/mol. The summed E-state index contributed by atoms with van der Waals surface area (Å²) >= 11 is 5.01. The zero-order valence-electron chi connectivity index (χ0n) is 10.2. The molecule has 1 unspecified atom stereocenters. The molecular formula is C14H13BrN2OS. The highest BCUT2D eigenvalue weighted by atomic mass is 79.9. The van der Waals surface area contributed by atoms with Crippen LogP contribution in [0.15, 0.2) is 46.5 Å². The van der Waals surface area contributed by atoms with Gasteiger partial charge in [-0.3, -0.25) is 4.40 Å². The Morgan fingerprint density at radius 3 is 2.79 bits per heavy atom. The van der Waals surface area contributed by atoms with Crippen LogP contribution >= 0.6 is 27.3 Å². The number of hydrogen-bond donors (Lipinski definition) is 1. The summed E-state index contributed by atoms with van der Waals surface area (Å²) in [6.07, 6.45) is 4.81. The van der Waals surface area contributed by atoms with Crippen LogP contribution < -0.4 is 0 Å². The van der Waals surface area contributed by atoms with Gasteiger partial charge in [-0.25, -0.2) is 4.98 Å². The molecule has 19 heavy (non-hydrogen) atoms. The van der Waals surface area contributed by atoms with E-state index in [2.05, 4.69) is 20.9 Å². The first-order chi connectivity index (χ1) is 9.20. The molecule has 0 fully saturated rings. The third-order valence-electron chi connectivity index (χ3n) is 2.97. The van der Waals surface area contributed by atoms with Crippen LogP contribution in [-0.2, 0) is 12.8 Å². The van der Waals surface area contributed by atoms with Gasteiger partial charge in [0.15, 0.2) is 4.96 Å². The predicted molar refractivity (Wildman–Crippen MR) is 80.6 cm³/mol. The van der Waals surface area contributed by atoms with Gasteiger partial charge in [-0.05, 0) is 24.1 Å². The second kappa shape index (κ2) is 5.45. The number of fused-ring (bicyclic) bond motifs is 1. The lowest BCUT2D eigenvalue weighted by molar-refractivity contribution is 0.174. The van der Waals surface area contributed by atoms with Crippen molar-refractivity contribution < 1.29 is 5.11 Å². The van der Waals surface area contributed by atoms with Crippen molar-refractivity contribution in [2.75, 3.05) is 0 Å². The molecule has 1 atom stereocenters. The molecule has 98 valence electrons. The van der Waals surface area contributed by atoms with E-state index in [1.165, 1.54) is 0 Å². The van der Waals surface area contributed by atoms with E-state index >= 15 is 0 Å². The van der Waals surface area contributed by atoms with Crippen molar-refractivity contribution in [3.8, 4) is 0 Å². The van der Waals surface area contributed by atoms with Crippen molar-refractivity contribution in [2.45, 2.75) is 18.9 Å². The number of hydrogen-bond acceptors (Lipinski definition) is 3. The summed E-state index contributed by atoms with van der Waals surface area (Å²) in [5, 5.41) is 12.1. The van der Waals surface area contributed by atoms with Crippen LogP contribution in [0.4, 0.5) is 0 Å². The van der Waals surface area contributed by atoms with Crippen molar-refractivity contribution in [3.63, 3.8) is 0 Å². The van der Waals surface area contributed by atoms with Gasteiger partial charge in [-0.2, -0.15) is 0 Å². The summed E-state index contributed by atoms with van der Waals surface area (Å²) in [5.41, 5.74) is 2.08. The molecule has 0 aliphatic rings. The normalized spacial score (nSPS) is 12.9. The van der Waals surface area contributed by atoms with Gasteiger partial charge in [0.25, 0.3) is 0 Å². The molecule has 0 aliphatic heterocycles. The molecule has 1 aromatic carbocycles. The minimum Gasteiger partial charge on any atom is -0.392 e. The number of aromatic nitrogens is 2. The highest BCUT2D eigenvalue weighted by Gasteiger charge is 2.10. The average molecular weight is 337 g/mol. The second-order valence-electron chi connectivity index (χ2n) is 4.51. The summed E-state index contributed by atoms with van der Waals surface area (Å²) in [6.45, 7) is 0. The first-order valence-electron chi connectivity index (χ1n) is 6.04. The Morgan fingerprint density at radius 1 is 1.26 bits per heavy atom. The monoisotopic (exact) mass is 336 g/mol. The molecule has 0 radical (unpaired) electrons. The van der Waals surface area contributed by atoms with Crippen molar-refractivity contribution in [1.82, 2.24) is 9.38 Å². The van der Waals surface area contributed by atoms with Crippen molar-refractivity contribution in [1.29, 1.82) is 0 Å². The number of rotatable bonds is 4.